The summed E-state index contributed by atoms with van der Waals surface area (Å²) >= 11 is 11.9. The normalized spacial score (nSPS) is 11.1. The van der Waals surface area contributed by atoms with Crippen LogP contribution >= 0.6 is 23.2 Å². The highest BCUT2D eigenvalue weighted by molar-refractivity contribution is 6.42. The summed E-state index contributed by atoms with van der Waals surface area (Å²) in [6.45, 7) is 1.39. The van der Waals surface area contributed by atoms with Crippen LogP contribution < -0.4 is 5.32 Å². The van der Waals surface area contributed by atoms with Crippen LogP contribution in [0.25, 0.3) is 10.9 Å². The Balaban J connectivity index is 2.18. The van der Waals surface area contributed by atoms with Crippen molar-refractivity contribution in [2.75, 3.05) is 13.2 Å². The van der Waals surface area contributed by atoms with Gasteiger partial charge in [0.15, 0.2) is 11.6 Å². The number of hydrogen-bond donors (Lipinski definition) is 3. The van der Waals surface area contributed by atoms with Crippen molar-refractivity contribution < 1.29 is 24.2 Å². The van der Waals surface area contributed by atoms with Crippen molar-refractivity contribution in [1.29, 1.82) is 0 Å². The summed E-state index contributed by atoms with van der Waals surface area (Å²) in [6.07, 6.45) is -0.232. The molecule has 2 aromatic carbocycles. The van der Waals surface area contributed by atoms with Crippen LogP contribution in [0.2, 0.25) is 10.0 Å². The molecule has 0 aliphatic rings. The first-order chi connectivity index (χ1) is 13.8. The van der Waals surface area contributed by atoms with Gasteiger partial charge >= 0.3 is 0 Å². The number of nitrogens with one attached hydrogen (secondary N) is 1. The Hall–Kier alpha value is -2.61. The summed E-state index contributed by atoms with van der Waals surface area (Å²) in [5.74, 6) is -2.45. The van der Waals surface area contributed by atoms with Crippen molar-refractivity contribution in [2.45, 2.75) is 13.3 Å². The van der Waals surface area contributed by atoms with E-state index in [-0.39, 0.29) is 51.6 Å². The number of aromatic hydroxyl groups is 1. The number of aliphatic hydroxyl groups is 1. The van der Waals surface area contributed by atoms with Crippen LogP contribution in [-0.4, -0.2) is 39.7 Å². The SMILES string of the molecule is Cc1c(CC(=O)NCCO)c2c(F)c(O)ccc2n1C(=O)c1ccc(Cl)c(Cl)c1. The summed E-state index contributed by atoms with van der Waals surface area (Å²) in [7, 11) is 0. The number of phenols is 1. The van der Waals surface area contributed by atoms with E-state index < -0.39 is 23.4 Å². The van der Waals surface area contributed by atoms with Crippen molar-refractivity contribution in [1.82, 2.24) is 9.88 Å². The lowest BCUT2D eigenvalue weighted by Crippen LogP contribution is -2.28. The van der Waals surface area contributed by atoms with Crippen LogP contribution in [0.15, 0.2) is 30.3 Å². The molecule has 3 rings (SSSR count). The fourth-order valence-corrected chi connectivity index (χ4v) is 3.48. The maximum Gasteiger partial charge on any atom is 0.262 e. The van der Waals surface area contributed by atoms with E-state index >= 15 is 0 Å². The van der Waals surface area contributed by atoms with E-state index in [9.17, 15) is 19.1 Å². The summed E-state index contributed by atoms with van der Waals surface area (Å²) < 4.78 is 16.0. The molecule has 0 bridgehead atoms. The number of carbonyl (C=O) groups excluding carboxylic acids is 2. The molecule has 0 radical (unpaired) electrons. The van der Waals surface area contributed by atoms with Gasteiger partial charge in [0.05, 0.1) is 28.6 Å². The van der Waals surface area contributed by atoms with Crippen LogP contribution in [0.1, 0.15) is 21.6 Å². The van der Waals surface area contributed by atoms with E-state index in [1.807, 2.05) is 0 Å². The number of hydrogen-bond acceptors (Lipinski definition) is 4. The van der Waals surface area contributed by atoms with Crippen LogP contribution in [0.3, 0.4) is 0 Å². The summed E-state index contributed by atoms with van der Waals surface area (Å²) in [5.41, 5.74) is 1.04. The van der Waals surface area contributed by atoms with E-state index in [0.717, 1.165) is 6.07 Å². The molecule has 29 heavy (non-hydrogen) atoms. The van der Waals surface area contributed by atoms with Gasteiger partial charge in [-0.1, -0.05) is 23.2 Å². The monoisotopic (exact) mass is 438 g/mol. The number of phenolic OH excluding ortho intramolecular Hbond substituents is 1. The highest BCUT2D eigenvalue weighted by atomic mass is 35.5. The molecule has 3 aromatic rings. The molecule has 1 heterocycles. The van der Waals surface area contributed by atoms with E-state index in [0.29, 0.717) is 5.69 Å². The molecule has 0 aliphatic carbocycles. The molecule has 3 N–H and O–H groups in total. The average Bonchev–Trinajstić information content (AvgIpc) is 2.96. The average molecular weight is 439 g/mol. The second-order valence-electron chi connectivity index (χ2n) is 6.38. The number of aliphatic hydroxyl groups excluding tert-OH is 1. The number of carbonyl (C=O) groups is 2. The second kappa shape index (κ2) is 8.41. The first-order valence-corrected chi connectivity index (χ1v) is 9.40. The molecule has 0 fully saturated rings. The second-order valence-corrected chi connectivity index (χ2v) is 7.19. The number of fused-ring (bicyclic) bond motifs is 1. The molecular formula is C20H17Cl2FN2O4. The van der Waals surface area contributed by atoms with Crippen LogP contribution in [0.4, 0.5) is 4.39 Å². The molecular weight excluding hydrogens is 422 g/mol. The molecule has 9 heteroatoms. The predicted molar refractivity (Wildman–Crippen MR) is 108 cm³/mol. The van der Waals surface area contributed by atoms with Gasteiger partial charge in [0.1, 0.15) is 0 Å². The minimum atomic E-state index is -0.920. The highest BCUT2D eigenvalue weighted by Crippen LogP contribution is 2.34. The van der Waals surface area contributed by atoms with Crippen molar-refractivity contribution in [3.63, 3.8) is 0 Å². The zero-order chi connectivity index (χ0) is 21.3. The number of nitrogens with zero attached hydrogens (tertiary/aromatic N) is 1. The molecule has 0 saturated heterocycles. The topological polar surface area (TPSA) is 91.6 Å². The zero-order valence-corrected chi connectivity index (χ0v) is 16.8. The van der Waals surface area contributed by atoms with Gasteiger partial charge in [0, 0.05) is 23.2 Å². The number of halogens is 3. The standard InChI is InChI=1S/C20H17Cl2FN2O4/c1-10-12(9-17(28)24-6-7-26)18-15(4-5-16(27)19(18)23)25(10)20(29)11-2-3-13(21)14(22)8-11/h2-5,8,26-27H,6-7,9H2,1H3,(H,24,28). The number of rotatable bonds is 5. The van der Waals surface area contributed by atoms with Crippen LogP contribution in [0.5, 0.6) is 5.75 Å². The quantitative estimate of drug-likeness (QED) is 0.568. The van der Waals surface area contributed by atoms with Crippen molar-refractivity contribution in [3.05, 3.63) is 63.0 Å². The Labute approximate surface area is 175 Å². The smallest absolute Gasteiger partial charge is 0.262 e. The van der Waals surface area contributed by atoms with Crippen LogP contribution in [0, 0.1) is 12.7 Å². The highest BCUT2D eigenvalue weighted by Gasteiger charge is 2.25. The van der Waals surface area contributed by atoms with E-state index in [4.69, 9.17) is 28.3 Å². The summed E-state index contributed by atoms with van der Waals surface area (Å²) in [6, 6.07) is 6.93. The molecule has 0 unspecified atom stereocenters. The van der Waals surface area contributed by atoms with Gasteiger partial charge in [-0.2, -0.15) is 0 Å². The predicted octanol–water partition coefficient (Wildman–Crippen LogP) is 3.44. The third-order valence-electron chi connectivity index (χ3n) is 4.56. The van der Waals surface area contributed by atoms with Crippen molar-refractivity contribution in [2.24, 2.45) is 0 Å². The minimum Gasteiger partial charge on any atom is -0.505 e. The molecule has 1 aromatic heterocycles. The third-order valence-corrected chi connectivity index (χ3v) is 5.29. The first kappa shape index (κ1) is 21.1. The Morgan fingerprint density at radius 1 is 1.17 bits per heavy atom. The Kier molecular flexibility index (Phi) is 6.12. The number of amides is 1. The van der Waals surface area contributed by atoms with Crippen LogP contribution in [-0.2, 0) is 11.2 Å². The molecule has 0 saturated carbocycles. The fourth-order valence-electron chi connectivity index (χ4n) is 3.18. The van der Waals surface area contributed by atoms with E-state index in [2.05, 4.69) is 5.32 Å². The maximum atomic E-state index is 14.8. The van der Waals surface area contributed by atoms with Crippen molar-refractivity contribution >= 4 is 45.9 Å². The van der Waals surface area contributed by atoms with Gasteiger partial charge in [0.2, 0.25) is 5.91 Å². The third kappa shape index (κ3) is 3.94. The molecule has 1 amide bonds. The molecule has 152 valence electrons. The van der Waals surface area contributed by atoms with Gasteiger partial charge in [-0.05, 0) is 42.8 Å². The lowest BCUT2D eigenvalue weighted by atomic mass is 10.1. The Morgan fingerprint density at radius 3 is 2.55 bits per heavy atom. The maximum absolute atomic E-state index is 14.8. The van der Waals surface area contributed by atoms with E-state index in [1.165, 1.54) is 28.8 Å². The zero-order valence-electron chi connectivity index (χ0n) is 15.3. The summed E-state index contributed by atoms with van der Waals surface area (Å²) in [5, 5.41) is 21.6. The molecule has 0 spiro atoms. The largest absolute Gasteiger partial charge is 0.505 e. The molecule has 0 aliphatic heterocycles. The van der Waals surface area contributed by atoms with Gasteiger partial charge in [-0.3, -0.25) is 14.2 Å². The van der Waals surface area contributed by atoms with Gasteiger partial charge < -0.3 is 15.5 Å². The Bertz CT molecular complexity index is 1130. The van der Waals surface area contributed by atoms with E-state index in [1.54, 1.807) is 6.92 Å². The molecule has 0 atom stereocenters. The minimum absolute atomic E-state index is 0.0185. The lowest BCUT2D eigenvalue weighted by Gasteiger charge is -2.09. The van der Waals surface area contributed by atoms with Gasteiger partial charge in [-0.25, -0.2) is 4.39 Å². The fraction of sp³-hybridized carbons (Fsp3) is 0.200. The Morgan fingerprint density at radius 2 is 1.90 bits per heavy atom. The first-order valence-electron chi connectivity index (χ1n) is 8.65. The van der Waals surface area contributed by atoms with Crippen molar-refractivity contribution in [3.8, 4) is 5.75 Å². The number of aromatic nitrogens is 1. The van der Waals surface area contributed by atoms with Gasteiger partial charge in [0.25, 0.3) is 5.91 Å². The van der Waals surface area contributed by atoms with Gasteiger partial charge in [-0.15, -0.1) is 0 Å². The molecule has 6 nitrogen and oxygen atoms in total. The number of benzene rings is 2. The lowest BCUT2D eigenvalue weighted by molar-refractivity contribution is -0.120. The summed E-state index contributed by atoms with van der Waals surface area (Å²) in [4.78, 5) is 25.3.